The molecule has 1 atom stereocenters. The number of nitrogens with one attached hydrogen (secondary N) is 1. The molecule has 2 aliphatic rings. The van der Waals surface area contributed by atoms with Gasteiger partial charge in [0.15, 0.2) is 0 Å². The maximum Gasteiger partial charge on any atom is 0.321 e. The summed E-state index contributed by atoms with van der Waals surface area (Å²) in [6, 6.07) is 4.74. The SMILES string of the molecule is COc1ccc(NC(=O)N2CCC[C@H](CN3CCOCC3)C2)cc1C(N)=O. The Morgan fingerprint density at radius 3 is 2.78 bits per heavy atom. The average Bonchev–Trinajstić information content (AvgIpc) is 2.69. The second-order valence-electron chi connectivity index (χ2n) is 7.08. The van der Waals surface area contributed by atoms with Crippen LogP contribution in [-0.2, 0) is 4.74 Å². The second kappa shape index (κ2) is 9.05. The molecule has 0 unspecified atom stereocenters. The van der Waals surface area contributed by atoms with Crippen LogP contribution in [0.1, 0.15) is 23.2 Å². The molecule has 1 aromatic rings. The third-order valence-electron chi connectivity index (χ3n) is 5.14. The van der Waals surface area contributed by atoms with E-state index in [9.17, 15) is 9.59 Å². The van der Waals surface area contributed by atoms with Crippen LogP contribution >= 0.6 is 0 Å². The summed E-state index contributed by atoms with van der Waals surface area (Å²) < 4.78 is 10.5. The molecule has 2 heterocycles. The molecule has 148 valence electrons. The standard InChI is InChI=1S/C19H28N4O4/c1-26-17-5-4-15(11-16(17)18(20)24)21-19(25)23-6-2-3-14(13-23)12-22-7-9-27-10-8-22/h4-5,11,14H,2-3,6-10,12-13H2,1H3,(H2,20,24)(H,21,25)/t14-/m1/s1. The zero-order valence-corrected chi connectivity index (χ0v) is 15.8. The first-order chi connectivity index (χ1) is 13.1. The van der Waals surface area contributed by atoms with Crippen molar-refractivity contribution in [3.05, 3.63) is 23.8 Å². The molecule has 0 aliphatic carbocycles. The van der Waals surface area contributed by atoms with E-state index >= 15 is 0 Å². The number of amides is 3. The van der Waals surface area contributed by atoms with Gasteiger partial charge in [-0.25, -0.2) is 4.79 Å². The van der Waals surface area contributed by atoms with Crippen molar-refractivity contribution < 1.29 is 19.1 Å². The summed E-state index contributed by atoms with van der Waals surface area (Å²) in [5.74, 6) is 0.273. The number of nitrogens with two attached hydrogens (primary N) is 1. The highest BCUT2D eigenvalue weighted by Crippen LogP contribution is 2.23. The lowest BCUT2D eigenvalue weighted by atomic mass is 9.97. The van der Waals surface area contributed by atoms with Gasteiger partial charge in [0.05, 0.1) is 25.9 Å². The number of anilines is 1. The molecule has 0 aromatic heterocycles. The highest BCUT2D eigenvalue weighted by atomic mass is 16.5. The van der Waals surface area contributed by atoms with E-state index in [1.165, 1.54) is 7.11 Å². The largest absolute Gasteiger partial charge is 0.496 e. The summed E-state index contributed by atoms with van der Waals surface area (Å²) in [5, 5.41) is 2.87. The van der Waals surface area contributed by atoms with Crippen molar-refractivity contribution in [2.24, 2.45) is 11.7 Å². The highest BCUT2D eigenvalue weighted by Gasteiger charge is 2.26. The summed E-state index contributed by atoms with van der Waals surface area (Å²) in [6.07, 6.45) is 2.13. The van der Waals surface area contributed by atoms with E-state index in [-0.39, 0.29) is 11.6 Å². The number of primary amides is 1. The lowest BCUT2D eigenvalue weighted by molar-refractivity contribution is 0.0252. The van der Waals surface area contributed by atoms with Gasteiger partial charge in [-0.1, -0.05) is 0 Å². The van der Waals surface area contributed by atoms with Crippen LogP contribution in [0.15, 0.2) is 18.2 Å². The number of morpholine rings is 1. The molecular formula is C19H28N4O4. The second-order valence-corrected chi connectivity index (χ2v) is 7.08. The predicted molar refractivity (Wildman–Crippen MR) is 102 cm³/mol. The fourth-order valence-electron chi connectivity index (χ4n) is 3.73. The van der Waals surface area contributed by atoms with E-state index in [4.69, 9.17) is 15.2 Å². The molecule has 1 aromatic carbocycles. The molecule has 8 nitrogen and oxygen atoms in total. The first-order valence-corrected chi connectivity index (χ1v) is 9.40. The van der Waals surface area contributed by atoms with Crippen LogP contribution in [-0.4, -0.2) is 74.8 Å². The predicted octanol–water partition coefficient (Wildman–Crippen LogP) is 1.37. The van der Waals surface area contributed by atoms with Crippen LogP contribution in [0.25, 0.3) is 0 Å². The summed E-state index contributed by atoms with van der Waals surface area (Å²) >= 11 is 0. The highest BCUT2D eigenvalue weighted by molar-refractivity contribution is 5.98. The number of urea groups is 1. The van der Waals surface area contributed by atoms with Gasteiger partial charge < -0.3 is 25.4 Å². The Bertz CT molecular complexity index is 676. The molecule has 2 aliphatic heterocycles. The zero-order chi connectivity index (χ0) is 19.2. The Hall–Kier alpha value is -2.32. The topological polar surface area (TPSA) is 97.1 Å². The molecule has 3 rings (SSSR count). The van der Waals surface area contributed by atoms with Gasteiger partial charge in [-0.05, 0) is 37.0 Å². The molecule has 27 heavy (non-hydrogen) atoms. The number of benzene rings is 1. The van der Waals surface area contributed by atoms with Crippen molar-refractivity contribution in [3.8, 4) is 5.75 Å². The number of carbonyl (C=O) groups excluding carboxylic acids is 2. The van der Waals surface area contributed by atoms with Gasteiger partial charge in [0.25, 0.3) is 5.91 Å². The van der Waals surface area contributed by atoms with Crippen molar-refractivity contribution in [1.82, 2.24) is 9.80 Å². The Kier molecular flexibility index (Phi) is 6.52. The minimum Gasteiger partial charge on any atom is -0.496 e. The van der Waals surface area contributed by atoms with Crippen LogP contribution in [0.3, 0.4) is 0 Å². The van der Waals surface area contributed by atoms with Crippen molar-refractivity contribution >= 4 is 17.6 Å². The minimum atomic E-state index is -0.591. The lowest BCUT2D eigenvalue weighted by Gasteiger charge is -2.36. The number of likely N-dealkylation sites (tertiary alicyclic amines) is 1. The average molecular weight is 376 g/mol. The van der Waals surface area contributed by atoms with Gasteiger partial charge in [-0.15, -0.1) is 0 Å². The fourth-order valence-corrected chi connectivity index (χ4v) is 3.73. The van der Waals surface area contributed by atoms with Crippen LogP contribution in [0.5, 0.6) is 5.75 Å². The molecule has 3 N–H and O–H groups in total. The molecule has 3 amide bonds. The monoisotopic (exact) mass is 376 g/mol. The van der Waals surface area contributed by atoms with Crippen LogP contribution < -0.4 is 15.8 Å². The molecule has 8 heteroatoms. The van der Waals surface area contributed by atoms with E-state index in [0.717, 1.165) is 58.8 Å². The van der Waals surface area contributed by atoms with Gasteiger partial charge in [-0.2, -0.15) is 0 Å². The molecular weight excluding hydrogens is 348 g/mol. The van der Waals surface area contributed by atoms with E-state index in [1.807, 2.05) is 4.90 Å². The normalized spacial score (nSPS) is 20.9. The maximum absolute atomic E-state index is 12.7. The van der Waals surface area contributed by atoms with Crippen molar-refractivity contribution in [1.29, 1.82) is 0 Å². The quantitative estimate of drug-likeness (QED) is 0.809. The Morgan fingerprint density at radius 1 is 1.30 bits per heavy atom. The summed E-state index contributed by atoms with van der Waals surface area (Å²) in [6.45, 7) is 5.98. The van der Waals surface area contributed by atoms with Crippen molar-refractivity contribution in [2.45, 2.75) is 12.8 Å². The molecule has 2 saturated heterocycles. The molecule has 2 fully saturated rings. The number of rotatable bonds is 5. The Labute approximate surface area is 159 Å². The van der Waals surface area contributed by atoms with E-state index in [2.05, 4.69) is 10.2 Å². The Balaban J connectivity index is 1.58. The number of hydrogen-bond acceptors (Lipinski definition) is 5. The number of methoxy groups -OCH3 is 1. The lowest BCUT2D eigenvalue weighted by Crippen LogP contribution is -2.47. The van der Waals surface area contributed by atoms with Crippen LogP contribution in [0.2, 0.25) is 0 Å². The third-order valence-corrected chi connectivity index (χ3v) is 5.14. The molecule has 0 saturated carbocycles. The van der Waals surface area contributed by atoms with Gasteiger partial charge in [0.1, 0.15) is 5.75 Å². The van der Waals surface area contributed by atoms with Crippen LogP contribution in [0, 0.1) is 5.92 Å². The van der Waals surface area contributed by atoms with Gasteiger partial charge >= 0.3 is 6.03 Å². The Morgan fingerprint density at radius 2 is 2.07 bits per heavy atom. The molecule has 0 bridgehead atoms. The minimum absolute atomic E-state index is 0.151. The molecule has 0 radical (unpaired) electrons. The van der Waals surface area contributed by atoms with E-state index in [0.29, 0.717) is 17.4 Å². The number of hydrogen-bond donors (Lipinski definition) is 2. The van der Waals surface area contributed by atoms with Gasteiger partial charge in [-0.3, -0.25) is 9.69 Å². The smallest absolute Gasteiger partial charge is 0.321 e. The fraction of sp³-hybridized carbons (Fsp3) is 0.579. The van der Waals surface area contributed by atoms with Crippen LogP contribution in [0.4, 0.5) is 10.5 Å². The number of carbonyl (C=O) groups is 2. The third kappa shape index (κ3) is 5.11. The zero-order valence-electron chi connectivity index (χ0n) is 15.8. The van der Waals surface area contributed by atoms with Gasteiger partial charge in [0.2, 0.25) is 0 Å². The number of nitrogens with zero attached hydrogens (tertiary/aromatic N) is 2. The van der Waals surface area contributed by atoms with Crippen molar-refractivity contribution in [2.75, 3.05) is 58.4 Å². The summed E-state index contributed by atoms with van der Waals surface area (Å²) in [5.41, 5.74) is 6.17. The molecule has 0 spiro atoms. The first kappa shape index (κ1) is 19.4. The van der Waals surface area contributed by atoms with Gasteiger partial charge in [0, 0.05) is 38.4 Å². The first-order valence-electron chi connectivity index (χ1n) is 9.40. The number of piperidine rings is 1. The summed E-state index contributed by atoms with van der Waals surface area (Å²) in [7, 11) is 1.47. The number of ether oxygens (including phenoxy) is 2. The maximum atomic E-state index is 12.7. The van der Waals surface area contributed by atoms with E-state index < -0.39 is 5.91 Å². The summed E-state index contributed by atoms with van der Waals surface area (Å²) in [4.78, 5) is 28.5. The van der Waals surface area contributed by atoms with Crippen molar-refractivity contribution in [3.63, 3.8) is 0 Å². The van der Waals surface area contributed by atoms with E-state index in [1.54, 1.807) is 18.2 Å².